The van der Waals surface area contributed by atoms with E-state index in [1.165, 1.54) is 0 Å². The Morgan fingerprint density at radius 1 is 1.39 bits per heavy atom. The fourth-order valence-corrected chi connectivity index (χ4v) is 2.53. The Morgan fingerprint density at radius 3 is 2.61 bits per heavy atom. The molecule has 1 aliphatic heterocycles. The summed E-state index contributed by atoms with van der Waals surface area (Å²) in [4.78, 5) is 37.1. The predicted octanol–water partition coefficient (Wildman–Crippen LogP) is -0.0715. The number of nitrogens with two attached hydrogens (primary N) is 1. The van der Waals surface area contributed by atoms with Crippen LogP contribution in [0.2, 0.25) is 0 Å². The summed E-state index contributed by atoms with van der Waals surface area (Å²) in [7, 11) is 3.90. The largest absolute Gasteiger partial charge is 0.369 e. The van der Waals surface area contributed by atoms with Gasteiger partial charge >= 0.3 is 0 Å². The lowest BCUT2D eigenvalue weighted by Crippen LogP contribution is -2.45. The summed E-state index contributed by atoms with van der Waals surface area (Å²) >= 11 is 0. The first-order valence-electron chi connectivity index (χ1n) is 8.10. The maximum Gasteiger partial charge on any atom is 0.220 e. The third-order valence-electron chi connectivity index (χ3n) is 4.46. The molecular weight excluding hydrogens is 298 g/mol. The van der Waals surface area contributed by atoms with Crippen molar-refractivity contribution in [2.75, 3.05) is 27.2 Å². The van der Waals surface area contributed by atoms with Crippen molar-refractivity contribution in [3.05, 3.63) is 0 Å². The van der Waals surface area contributed by atoms with Crippen LogP contribution >= 0.6 is 0 Å². The topological polar surface area (TPSA) is 102 Å². The second kappa shape index (κ2) is 8.98. The van der Waals surface area contributed by atoms with E-state index in [1.807, 2.05) is 25.9 Å². The fraction of sp³-hybridized carbons (Fsp3) is 0.812. The molecule has 1 fully saturated rings. The number of ether oxygens (including phenoxy) is 1. The van der Waals surface area contributed by atoms with Crippen LogP contribution in [0.5, 0.6) is 0 Å². The summed E-state index contributed by atoms with van der Waals surface area (Å²) in [5.74, 6) is -0.876. The van der Waals surface area contributed by atoms with E-state index < -0.39 is 6.04 Å². The van der Waals surface area contributed by atoms with Gasteiger partial charge in [-0.05, 0) is 32.9 Å². The normalized spacial score (nSPS) is 23.8. The second-order valence-electron chi connectivity index (χ2n) is 6.66. The van der Waals surface area contributed by atoms with E-state index in [1.54, 1.807) is 6.92 Å². The van der Waals surface area contributed by atoms with Gasteiger partial charge < -0.3 is 20.7 Å². The summed E-state index contributed by atoms with van der Waals surface area (Å²) in [6.07, 6.45) is 1.25. The molecule has 1 saturated heterocycles. The van der Waals surface area contributed by atoms with Crippen LogP contribution in [0.15, 0.2) is 0 Å². The quantitative estimate of drug-likeness (QED) is 0.617. The minimum Gasteiger partial charge on any atom is -0.369 e. The molecule has 0 saturated carbocycles. The molecule has 3 N–H and O–H groups in total. The lowest BCUT2D eigenvalue weighted by Gasteiger charge is -2.21. The van der Waals surface area contributed by atoms with E-state index in [0.29, 0.717) is 12.8 Å². The van der Waals surface area contributed by atoms with Gasteiger partial charge in [-0.25, -0.2) is 0 Å². The Morgan fingerprint density at radius 2 is 2.04 bits per heavy atom. The third kappa shape index (κ3) is 6.27. The number of rotatable bonds is 9. The van der Waals surface area contributed by atoms with Gasteiger partial charge in [-0.2, -0.15) is 0 Å². The molecule has 1 heterocycles. The third-order valence-corrected chi connectivity index (χ3v) is 4.46. The van der Waals surface area contributed by atoms with Crippen LogP contribution in [0.4, 0.5) is 0 Å². The number of ketones is 1. The zero-order chi connectivity index (χ0) is 17.6. The van der Waals surface area contributed by atoms with Crippen molar-refractivity contribution in [2.24, 2.45) is 17.6 Å². The van der Waals surface area contributed by atoms with E-state index >= 15 is 0 Å². The van der Waals surface area contributed by atoms with Crippen LogP contribution in [0, 0.1) is 11.8 Å². The molecule has 0 aromatic carbocycles. The number of amides is 2. The molecule has 132 valence electrons. The summed E-state index contributed by atoms with van der Waals surface area (Å²) in [6.45, 7) is 4.50. The summed E-state index contributed by atoms with van der Waals surface area (Å²) in [5.41, 5.74) is 5.26. The van der Waals surface area contributed by atoms with Crippen molar-refractivity contribution in [1.29, 1.82) is 0 Å². The zero-order valence-electron chi connectivity index (χ0n) is 14.5. The molecule has 3 unspecified atom stereocenters. The second-order valence-corrected chi connectivity index (χ2v) is 6.66. The number of carbonyl (C=O) groups excluding carboxylic acids is 3. The lowest BCUT2D eigenvalue weighted by molar-refractivity contribution is -0.127. The van der Waals surface area contributed by atoms with Crippen molar-refractivity contribution in [3.63, 3.8) is 0 Å². The number of hydrogen-bond donors (Lipinski definition) is 2. The van der Waals surface area contributed by atoms with Gasteiger partial charge in [0.05, 0.1) is 6.10 Å². The summed E-state index contributed by atoms with van der Waals surface area (Å²) in [5, 5.41) is 2.78. The molecule has 0 aliphatic carbocycles. The molecular formula is C16H29N3O4. The highest BCUT2D eigenvalue weighted by atomic mass is 16.5. The first-order chi connectivity index (χ1) is 10.7. The van der Waals surface area contributed by atoms with E-state index in [-0.39, 0.29) is 48.6 Å². The van der Waals surface area contributed by atoms with Crippen molar-refractivity contribution in [3.8, 4) is 0 Å². The molecule has 0 aromatic rings. The standard InChI is InChI=1S/C16H29N3O4/c1-10(11(2)16(17)22)5-6-14(21)18-15-12(20)9-23-13(15)7-8-19(3)4/h10-11,13,15H,5-9H2,1-4H3,(H2,17,22)(H,18,21)/t10?,11?,13-,15?/m0/s1. The monoisotopic (exact) mass is 327 g/mol. The smallest absolute Gasteiger partial charge is 0.220 e. The lowest BCUT2D eigenvalue weighted by atomic mass is 9.91. The summed E-state index contributed by atoms with van der Waals surface area (Å²) < 4.78 is 5.47. The van der Waals surface area contributed by atoms with Crippen LogP contribution in [0.3, 0.4) is 0 Å². The first-order valence-corrected chi connectivity index (χ1v) is 8.10. The van der Waals surface area contributed by atoms with Crippen LogP contribution in [-0.4, -0.2) is 61.9 Å². The van der Waals surface area contributed by atoms with E-state index in [9.17, 15) is 14.4 Å². The molecule has 0 bridgehead atoms. The van der Waals surface area contributed by atoms with Crippen LogP contribution < -0.4 is 11.1 Å². The zero-order valence-corrected chi connectivity index (χ0v) is 14.5. The van der Waals surface area contributed by atoms with Crippen molar-refractivity contribution >= 4 is 17.6 Å². The summed E-state index contributed by atoms with van der Waals surface area (Å²) in [6, 6.07) is -0.564. The van der Waals surface area contributed by atoms with Gasteiger partial charge in [0.1, 0.15) is 12.6 Å². The number of hydrogen-bond acceptors (Lipinski definition) is 5. The minimum absolute atomic E-state index is 0.0262. The number of nitrogens with one attached hydrogen (secondary N) is 1. The highest BCUT2D eigenvalue weighted by molar-refractivity contribution is 5.91. The molecule has 4 atom stereocenters. The molecule has 0 radical (unpaired) electrons. The van der Waals surface area contributed by atoms with Crippen LogP contribution in [-0.2, 0) is 19.1 Å². The number of carbonyl (C=O) groups is 3. The average Bonchev–Trinajstić information content (AvgIpc) is 2.82. The van der Waals surface area contributed by atoms with Gasteiger partial charge in [0, 0.05) is 18.9 Å². The highest BCUT2D eigenvalue weighted by Crippen LogP contribution is 2.18. The first kappa shape index (κ1) is 19.6. The van der Waals surface area contributed by atoms with Gasteiger partial charge in [0.2, 0.25) is 11.8 Å². The SMILES string of the molecule is CC(CCC(=O)NC1C(=O)CO[C@H]1CCN(C)C)C(C)C(N)=O. The van der Waals surface area contributed by atoms with Gasteiger partial charge in [-0.15, -0.1) is 0 Å². The molecule has 7 heteroatoms. The Hall–Kier alpha value is -1.47. The van der Waals surface area contributed by atoms with Gasteiger partial charge in [-0.1, -0.05) is 13.8 Å². The number of Topliss-reactive ketones (excluding diaryl/α,β-unsaturated/α-hetero) is 1. The van der Waals surface area contributed by atoms with Gasteiger partial charge in [0.25, 0.3) is 0 Å². The van der Waals surface area contributed by atoms with Crippen LogP contribution in [0.1, 0.15) is 33.1 Å². The molecule has 7 nitrogen and oxygen atoms in total. The van der Waals surface area contributed by atoms with Crippen molar-refractivity contribution in [1.82, 2.24) is 10.2 Å². The number of primary amides is 1. The average molecular weight is 327 g/mol. The highest BCUT2D eigenvalue weighted by Gasteiger charge is 2.36. The van der Waals surface area contributed by atoms with Crippen molar-refractivity contribution in [2.45, 2.75) is 45.3 Å². The maximum absolute atomic E-state index is 12.1. The Kier molecular flexibility index (Phi) is 7.64. The van der Waals surface area contributed by atoms with E-state index in [0.717, 1.165) is 6.54 Å². The molecule has 23 heavy (non-hydrogen) atoms. The molecule has 1 rings (SSSR count). The Bertz CT molecular complexity index is 439. The Labute approximate surface area is 137 Å². The predicted molar refractivity (Wildman–Crippen MR) is 86.6 cm³/mol. The maximum atomic E-state index is 12.1. The van der Waals surface area contributed by atoms with E-state index in [4.69, 9.17) is 10.5 Å². The number of nitrogens with zero attached hydrogens (tertiary/aromatic N) is 1. The van der Waals surface area contributed by atoms with Crippen molar-refractivity contribution < 1.29 is 19.1 Å². The van der Waals surface area contributed by atoms with E-state index in [2.05, 4.69) is 5.32 Å². The molecule has 1 aliphatic rings. The fourth-order valence-electron chi connectivity index (χ4n) is 2.53. The molecule has 0 spiro atoms. The van der Waals surface area contributed by atoms with Gasteiger partial charge in [-0.3, -0.25) is 14.4 Å². The Balaban J connectivity index is 2.44. The van der Waals surface area contributed by atoms with Gasteiger partial charge in [0.15, 0.2) is 5.78 Å². The molecule has 2 amide bonds. The minimum atomic E-state index is -0.564. The molecule has 0 aromatic heterocycles. The van der Waals surface area contributed by atoms with Crippen LogP contribution in [0.25, 0.3) is 0 Å².